The molecule has 0 saturated carbocycles. The number of para-hydroxylation sites is 1. The molecule has 94 valence electrons. The molecule has 0 spiro atoms. The number of amides is 1. The maximum atomic E-state index is 12.2. The number of nitrogens with one attached hydrogen (secondary N) is 2. The van der Waals surface area contributed by atoms with Gasteiger partial charge in [-0.1, -0.05) is 26.0 Å². The Morgan fingerprint density at radius 2 is 1.82 bits per heavy atom. The van der Waals surface area contributed by atoms with E-state index in [0.717, 1.165) is 18.5 Å². The van der Waals surface area contributed by atoms with Gasteiger partial charge < -0.3 is 10.6 Å². The Morgan fingerprint density at radius 3 is 2.35 bits per heavy atom. The van der Waals surface area contributed by atoms with Crippen LogP contribution in [0.25, 0.3) is 0 Å². The second-order valence-corrected chi connectivity index (χ2v) is 4.52. The van der Waals surface area contributed by atoms with Crippen molar-refractivity contribution in [1.29, 1.82) is 0 Å². The second-order valence-electron chi connectivity index (χ2n) is 4.52. The Labute approximate surface area is 104 Å². The van der Waals surface area contributed by atoms with Crippen LogP contribution < -0.4 is 10.6 Å². The summed E-state index contributed by atoms with van der Waals surface area (Å²) >= 11 is 0. The maximum Gasteiger partial charge on any atom is 0.253 e. The Bertz CT molecular complexity index is 384. The average Bonchev–Trinajstić information content (AvgIpc) is 2.38. The van der Waals surface area contributed by atoms with Crippen LogP contribution in [0, 0.1) is 0 Å². The predicted molar refractivity (Wildman–Crippen MR) is 72.4 cm³/mol. The van der Waals surface area contributed by atoms with E-state index in [2.05, 4.69) is 31.4 Å². The molecule has 1 amide bonds. The molecule has 2 N–H and O–H groups in total. The van der Waals surface area contributed by atoms with E-state index in [1.807, 2.05) is 31.3 Å². The van der Waals surface area contributed by atoms with Crippen LogP contribution in [-0.4, -0.2) is 18.5 Å². The van der Waals surface area contributed by atoms with E-state index in [-0.39, 0.29) is 11.4 Å². The highest BCUT2D eigenvalue weighted by atomic mass is 16.1. The summed E-state index contributed by atoms with van der Waals surface area (Å²) in [5, 5.41) is 6.14. The minimum absolute atomic E-state index is 0.0128. The lowest BCUT2D eigenvalue weighted by Gasteiger charge is -2.28. The summed E-state index contributed by atoms with van der Waals surface area (Å²) < 4.78 is 0. The van der Waals surface area contributed by atoms with Gasteiger partial charge in [0.15, 0.2) is 0 Å². The molecule has 0 aliphatic carbocycles. The van der Waals surface area contributed by atoms with Crippen LogP contribution in [0.1, 0.15) is 44.0 Å². The topological polar surface area (TPSA) is 41.1 Å². The quantitative estimate of drug-likeness (QED) is 0.822. The van der Waals surface area contributed by atoms with E-state index in [0.29, 0.717) is 5.56 Å². The van der Waals surface area contributed by atoms with Crippen LogP contribution in [0.2, 0.25) is 0 Å². The standard InChI is InChI=1S/C14H22N2O/c1-5-14(3,6-2)16-13(17)11-9-7-8-10-12(11)15-4/h7-10,15H,5-6H2,1-4H3,(H,16,17). The van der Waals surface area contributed by atoms with E-state index >= 15 is 0 Å². The average molecular weight is 234 g/mol. The van der Waals surface area contributed by atoms with Gasteiger partial charge in [-0.25, -0.2) is 0 Å². The normalized spacial score (nSPS) is 11.1. The molecule has 17 heavy (non-hydrogen) atoms. The number of rotatable bonds is 5. The van der Waals surface area contributed by atoms with Crippen molar-refractivity contribution in [2.24, 2.45) is 0 Å². The molecule has 0 fully saturated rings. The van der Waals surface area contributed by atoms with Crippen molar-refractivity contribution in [2.75, 3.05) is 12.4 Å². The van der Waals surface area contributed by atoms with Crippen molar-refractivity contribution in [3.05, 3.63) is 29.8 Å². The SMILES string of the molecule is CCC(C)(CC)NC(=O)c1ccccc1NC. The monoisotopic (exact) mass is 234 g/mol. The molecule has 0 saturated heterocycles. The van der Waals surface area contributed by atoms with Gasteiger partial charge in [-0.05, 0) is 31.9 Å². The summed E-state index contributed by atoms with van der Waals surface area (Å²) in [6.07, 6.45) is 1.86. The van der Waals surface area contributed by atoms with Crippen LogP contribution >= 0.6 is 0 Å². The van der Waals surface area contributed by atoms with E-state index in [1.165, 1.54) is 0 Å². The van der Waals surface area contributed by atoms with Crippen molar-refractivity contribution in [1.82, 2.24) is 5.32 Å². The molecule has 0 aliphatic heterocycles. The van der Waals surface area contributed by atoms with Gasteiger partial charge in [-0.3, -0.25) is 4.79 Å². The number of hydrogen-bond donors (Lipinski definition) is 2. The summed E-state index contributed by atoms with van der Waals surface area (Å²) in [4.78, 5) is 12.2. The van der Waals surface area contributed by atoms with Crippen LogP contribution in [0.15, 0.2) is 24.3 Å². The summed E-state index contributed by atoms with van der Waals surface area (Å²) in [5.74, 6) is -0.0128. The van der Waals surface area contributed by atoms with Gasteiger partial charge >= 0.3 is 0 Å². The maximum absolute atomic E-state index is 12.2. The molecular formula is C14H22N2O. The van der Waals surface area contributed by atoms with E-state index in [1.54, 1.807) is 0 Å². The molecule has 1 aromatic carbocycles. The molecule has 0 bridgehead atoms. The molecule has 3 heteroatoms. The zero-order valence-electron chi connectivity index (χ0n) is 11.1. The molecule has 0 unspecified atom stereocenters. The lowest BCUT2D eigenvalue weighted by atomic mass is 9.95. The van der Waals surface area contributed by atoms with E-state index < -0.39 is 0 Å². The van der Waals surface area contributed by atoms with Gasteiger partial charge in [0.05, 0.1) is 5.56 Å². The second kappa shape index (κ2) is 5.71. The summed E-state index contributed by atoms with van der Waals surface area (Å²) in [6, 6.07) is 7.55. The first kappa shape index (κ1) is 13.6. The smallest absolute Gasteiger partial charge is 0.253 e. The van der Waals surface area contributed by atoms with Gasteiger partial charge in [0.1, 0.15) is 0 Å². The van der Waals surface area contributed by atoms with Crippen molar-refractivity contribution < 1.29 is 4.79 Å². The summed E-state index contributed by atoms with van der Waals surface area (Å²) in [7, 11) is 1.82. The summed E-state index contributed by atoms with van der Waals surface area (Å²) in [5.41, 5.74) is 1.43. The van der Waals surface area contributed by atoms with E-state index in [4.69, 9.17) is 0 Å². The Balaban J connectivity index is 2.90. The first-order valence-corrected chi connectivity index (χ1v) is 6.15. The minimum atomic E-state index is -0.127. The third-order valence-electron chi connectivity index (χ3n) is 3.42. The summed E-state index contributed by atoms with van der Waals surface area (Å²) in [6.45, 7) is 6.26. The van der Waals surface area contributed by atoms with Gasteiger partial charge in [0.25, 0.3) is 5.91 Å². The number of carbonyl (C=O) groups is 1. The highest BCUT2D eigenvalue weighted by Crippen LogP contribution is 2.18. The van der Waals surface area contributed by atoms with Crippen molar-refractivity contribution in [3.63, 3.8) is 0 Å². The Kier molecular flexibility index (Phi) is 4.55. The van der Waals surface area contributed by atoms with Crippen molar-refractivity contribution in [3.8, 4) is 0 Å². The van der Waals surface area contributed by atoms with Gasteiger partial charge in [0.2, 0.25) is 0 Å². The first-order chi connectivity index (χ1) is 8.06. The van der Waals surface area contributed by atoms with Crippen LogP contribution in [0.5, 0.6) is 0 Å². The third-order valence-corrected chi connectivity index (χ3v) is 3.42. The molecule has 0 aliphatic rings. The number of benzene rings is 1. The lowest BCUT2D eigenvalue weighted by molar-refractivity contribution is 0.0902. The fourth-order valence-electron chi connectivity index (χ4n) is 1.67. The zero-order valence-corrected chi connectivity index (χ0v) is 11.1. The fourth-order valence-corrected chi connectivity index (χ4v) is 1.67. The Hall–Kier alpha value is -1.51. The molecular weight excluding hydrogens is 212 g/mol. The van der Waals surface area contributed by atoms with Gasteiger partial charge in [0, 0.05) is 18.3 Å². The number of carbonyl (C=O) groups excluding carboxylic acids is 1. The Morgan fingerprint density at radius 1 is 1.24 bits per heavy atom. The molecule has 1 aromatic rings. The first-order valence-electron chi connectivity index (χ1n) is 6.15. The van der Waals surface area contributed by atoms with Gasteiger partial charge in [-0.15, -0.1) is 0 Å². The predicted octanol–water partition coefficient (Wildman–Crippen LogP) is 3.04. The number of hydrogen-bond acceptors (Lipinski definition) is 2. The third kappa shape index (κ3) is 3.22. The molecule has 0 aromatic heterocycles. The highest BCUT2D eigenvalue weighted by Gasteiger charge is 2.23. The minimum Gasteiger partial charge on any atom is -0.387 e. The van der Waals surface area contributed by atoms with Gasteiger partial charge in [-0.2, -0.15) is 0 Å². The van der Waals surface area contributed by atoms with Crippen LogP contribution in [-0.2, 0) is 0 Å². The van der Waals surface area contributed by atoms with Crippen LogP contribution in [0.4, 0.5) is 5.69 Å². The number of anilines is 1. The molecule has 0 heterocycles. The molecule has 3 nitrogen and oxygen atoms in total. The lowest BCUT2D eigenvalue weighted by Crippen LogP contribution is -2.45. The van der Waals surface area contributed by atoms with E-state index in [9.17, 15) is 4.79 Å². The molecule has 1 rings (SSSR count). The fraction of sp³-hybridized carbons (Fsp3) is 0.500. The largest absolute Gasteiger partial charge is 0.387 e. The zero-order chi connectivity index (χ0) is 12.9. The highest BCUT2D eigenvalue weighted by molar-refractivity contribution is 5.99. The molecule has 0 radical (unpaired) electrons. The molecule has 0 atom stereocenters. The van der Waals surface area contributed by atoms with Crippen molar-refractivity contribution >= 4 is 11.6 Å². The van der Waals surface area contributed by atoms with Crippen LogP contribution in [0.3, 0.4) is 0 Å². The van der Waals surface area contributed by atoms with Crippen molar-refractivity contribution in [2.45, 2.75) is 39.2 Å².